The first-order chi connectivity index (χ1) is 14.5. The monoisotopic (exact) mass is 403 g/mol. The summed E-state index contributed by atoms with van der Waals surface area (Å²) < 4.78 is 0. The molecule has 0 unspecified atom stereocenters. The van der Waals surface area contributed by atoms with Crippen molar-refractivity contribution in [3.8, 4) is 0 Å². The van der Waals surface area contributed by atoms with Gasteiger partial charge in [0, 0.05) is 36.8 Å². The minimum absolute atomic E-state index is 0.0911. The molecule has 5 nitrogen and oxygen atoms in total. The van der Waals surface area contributed by atoms with Crippen LogP contribution >= 0.6 is 0 Å². The number of nitrogens with zero attached hydrogens (tertiary/aromatic N) is 1. The number of carbonyl (C=O) groups excluding carboxylic acids is 1. The van der Waals surface area contributed by atoms with Crippen LogP contribution in [-0.2, 0) is 24.2 Å². The average molecular weight is 404 g/mol. The van der Waals surface area contributed by atoms with E-state index in [1.807, 2.05) is 30.3 Å². The molecule has 1 amide bonds. The van der Waals surface area contributed by atoms with E-state index in [9.17, 15) is 9.59 Å². The maximum absolute atomic E-state index is 12.6. The summed E-state index contributed by atoms with van der Waals surface area (Å²) in [6.45, 7) is 6.90. The number of H-pyrrole nitrogens is 1. The summed E-state index contributed by atoms with van der Waals surface area (Å²) in [4.78, 5) is 30.3. The fourth-order valence-electron chi connectivity index (χ4n) is 4.36. The van der Waals surface area contributed by atoms with Crippen molar-refractivity contribution >= 4 is 16.8 Å². The quantitative estimate of drug-likeness (QED) is 0.664. The lowest BCUT2D eigenvalue weighted by molar-refractivity contribution is -0.120. The highest BCUT2D eigenvalue weighted by Crippen LogP contribution is 2.22. The molecule has 0 saturated carbocycles. The third-order valence-corrected chi connectivity index (χ3v) is 6.09. The Morgan fingerprint density at radius 1 is 1.10 bits per heavy atom. The van der Waals surface area contributed by atoms with E-state index in [0.29, 0.717) is 18.0 Å². The molecule has 2 heterocycles. The second kappa shape index (κ2) is 8.84. The van der Waals surface area contributed by atoms with Crippen LogP contribution < -0.4 is 10.9 Å². The number of carbonyl (C=O) groups is 1. The first kappa shape index (κ1) is 20.4. The molecule has 0 spiro atoms. The van der Waals surface area contributed by atoms with Gasteiger partial charge in [0.1, 0.15) is 0 Å². The second-order valence-corrected chi connectivity index (χ2v) is 8.49. The van der Waals surface area contributed by atoms with Crippen LogP contribution in [0.5, 0.6) is 0 Å². The molecule has 3 aromatic rings. The van der Waals surface area contributed by atoms with E-state index in [1.165, 1.54) is 11.1 Å². The average Bonchev–Trinajstić information content (AvgIpc) is 2.74. The lowest BCUT2D eigenvalue weighted by atomic mass is 9.95. The van der Waals surface area contributed by atoms with Crippen LogP contribution in [0.3, 0.4) is 0 Å². The number of pyridine rings is 1. The fourth-order valence-corrected chi connectivity index (χ4v) is 4.36. The van der Waals surface area contributed by atoms with Crippen molar-refractivity contribution in [3.63, 3.8) is 0 Å². The van der Waals surface area contributed by atoms with Crippen LogP contribution in [0.15, 0.2) is 59.4 Å². The van der Waals surface area contributed by atoms with E-state index in [1.54, 1.807) is 0 Å². The number of hydrogen-bond acceptors (Lipinski definition) is 3. The molecule has 1 aromatic heterocycles. The lowest BCUT2D eigenvalue weighted by Gasteiger charge is -2.38. The Kier molecular flexibility index (Phi) is 6.00. The van der Waals surface area contributed by atoms with Gasteiger partial charge in [-0.3, -0.25) is 14.5 Å². The number of aromatic nitrogens is 1. The van der Waals surface area contributed by atoms with Crippen molar-refractivity contribution < 1.29 is 4.79 Å². The summed E-state index contributed by atoms with van der Waals surface area (Å²) in [6.07, 6.45) is 1.13. The standard InChI is InChI=1S/C25H29N3O2/c1-17(2)23(28-12-11-18-7-3-4-9-20(18)16-28)15-26-24(29)14-21-13-19-8-5-6-10-22(19)27-25(21)30/h3-10,13,17,23H,11-12,14-16H2,1-2H3,(H,26,29)(H,27,30)/t23-/m1/s1. The number of nitrogens with one attached hydrogen (secondary N) is 2. The smallest absolute Gasteiger partial charge is 0.252 e. The van der Waals surface area contributed by atoms with Crippen LogP contribution in [0, 0.1) is 5.92 Å². The van der Waals surface area contributed by atoms with Gasteiger partial charge in [0.15, 0.2) is 0 Å². The Labute approximate surface area is 177 Å². The SMILES string of the molecule is CC(C)[C@@H](CNC(=O)Cc1cc2ccccc2[nH]c1=O)N1CCc2ccccc2C1. The Hall–Kier alpha value is -2.92. The molecule has 2 aromatic carbocycles. The van der Waals surface area contributed by atoms with E-state index in [4.69, 9.17) is 0 Å². The Morgan fingerprint density at radius 2 is 1.83 bits per heavy atom. The van der Waals surface area contributed by atoms with Crippen LogP contribution in [0.25, 0.3) is 10.9 Å². The van der Waals surface area contributed by atoms with Gasteiger partial charge in [-0.05, 0) is 41.0 Å². The van der Waals surface area contributed by atoms with Gasteiger partial charge in [0.05, 0.1) is 6.42 Å². The molecule has 2 N–H and O–H groups in total. The predicted octanol–water partition coefficient (Wildman–Crippen LogP) is 3.27. The van der Waals surface area contributed by atoms with Crippen LogP contribution in [0.1, 0.15) is 30.5 Å². The molecule has 1 atom stereocenters. The zero-order valence-corrected chi connectivity index (χ0v) is 17.7. The number of hydrogen-bond donors (Lipinski definition) is 2. The number of amides is 1. The van der Waals surface area contributed by atoms with Gasteiger partial charge in [-0.2, -0.15) is 0 Å². The minimum atomic E-state index is -0.197. The number of rotatable bonds is 6. The van der Waals surface area contributed by atoms with Crippen LogP contribution in [0.4, 0.5) is 0 Å². The van der Waals surface area contributed by atoms with Gasteiger partial charge < -0.3 is 10.3 Å². The van der Waals surface area contributed by atoms with Gasteiger partial charge in [-0.1, -0.05) is 56.3 Å². The molecule has 0 bridgehead atoms. The molecule has 0 radical (unpaired) electrons. The fraction of sp³-hybridized carbons (Fsp3) is 0.360. The van der Waals surface area contributed by atoms with Crippen molar-refractivity contribution in [2.75, 3.05) is 13.1 Å². The number of aromatic amines is 1. The molecule has 0 aliphatic carbocycles. The molecule has 1 aliphatic rings. The van der Waals surface area contributed by atoms with E-state index < -0.39 is 0 Å². The van der Waals surface area contributed by atoms with Crippen molar-refractivity contribution in [2.24, 2.45) is 5.92 Å². The summed E-state index contributed by atoms with van der Waals surface area (Å²) in [5.74, 6) is 0.304. The molecule has 4 rings (SSSR count). The largest absolute Gasteiger partial charge is 0.354 e. The van der Waals surface area contributed by atoms with Gasteiger partial charge in [-0.15, -0.1) is 0 Å². The third-order valence-electron chi connectivity index (χ3n) is 6.09. The second-order valence-electron chi connectivity index (χ2n) is 8.49. The predicted molar refractivity (Wildman–Crippen MR) is 120 cm³/mol. The van der Waals surface area contributed by atoms with E-state index >= 15 is 0 Å². The maximum Gasteiger partial charge on any atom is 0.252 e. The Bertz CT molecular complexity index is 1100. The summed E-state index contributed by atoms with van der Waals surface area (Å²) in [7, 11) is 0. The third kappa shape index (κ3) is 4.46. The summed E-state index contributed by atoms with van der Waals surface area (Å²) >= 11 is 0. The first-order valence-corrected chi connectivity index (χ1v) is 10.7. The number of fused-ring (bicyclic) bond motifs is 2. The van der Waals surface area contributed by atoms with Crippen molar-refractivity contribution in [2.45, 2.75) is 39.3 Å². The Morgan fingerprint density at radius 3 is 2.63 bits per heavy atom. The Balaban J connectivity index is 1.40. The molecule has 0 saturated heterocycles. The zero-order valence-electron chi connectivity index (χ0n) is 17.7. The summed E-state index contributed by atoms with van der Waals surface area (Å²) in [5.41, 5.74) is 3.90. The lowest BCUT2D eigenvalue weighted by Crippen LogP contribution is -2.49. The molecule has 30 heavy (non-hydrogen) atoms. The molecule has 5 heteroatoms. The first-order valence-electron chi connectivity index (χ1n) is 10.7. The highest BCUT2D eigenvalue weighted by Gasteiger charge is 2.26. The van der Waals surface area contributed by atoms with Crippen LogP contribution in [0.2, 0.25) is 0 Å². The highest BCUT2D eigenvalue weighted by atomic mass is 16.2. The van der Waals surface area contributed by atoms with E-state index in [-0.39, 0.29) is 23.9 Å². The van der Waals surface area contributed by atoms with Crippen LogP contribution in [-0.4, -0.2) is 34.9 Å². The number of para-hydroxylation sites is 1. The normalized spacial score (nSPS) is 15.2. The molecular weight excluding hydrogens is 374 g/mol. The van der Waals surface area contributed by atoms with Crippen molar-refractivity contribution in [1.29, 1.82) is 0 Å². The summed E-state index contributed by atoms with van der Waals surface area (Å²) in [5, 5.41) is 4.01. The van der Waals surface area contributed by atoms with Crippen molar-refractivity contribution in [1.82, 2.24) is 15.2 Å². The maximum atomic E-state index is 12.6. The minimum Gasteiger partial charge on any atom is -0.354 e. The number of benzene rings is 2. The van der Waals surface area contributed by atoms with Gasteiger partial charge in [-0.25, -0.2) is 0 Å². The van der Waals surface area contributed by atoms with E-state index in [2.05, 4.69) is 53.3 Å². The zero-order chi connectivity index (χ0) is 21.1. The molecule has 156 valence electrons. The molecule has 1 aliphatic heterocycles. The van der Waals surface area contributed by atoms with E-state index in [0.717, 1.165) is 30.4 Å². The van der Waals surface area contributed by atoms with Gasteiger partial charge >= 0.3 is 0 Å². The highest BCUT2D eigenvalue weighted by molar-refractivity contribution is 5.82. The van der Waals surface area contributed by atoms with Gasteiger partial charge in [0.2, 0.25) is 5.91 Å². The van der Waals surface area contributed by atoms with Gasteiger partial charge in [0.25, 0.3) is 5.56 Å². The molecule has 0 fully saturated rings. The molecular formula is C25H29N3O2. The van der Waals surface area contributed by atoms with Crippen molar-refractivity contribution in [3.05, 3.63) is 81.6 Å². The summed E-state index contributed by atoms with van der Waals surface area (Å²) in [6, 6.07) is 18.3. The topological polar surface area (TPSA) is 65.2 Å².